The van der Waals surface area contributed by atoms with Gasteiger partial charge in [0.1, 0.15) is 0 Å². The summed E-state index contributed by atoms with van der Waals surface area (Å²) in [6.45, 7) is 0. The van der Waals surface area contributed by atoms with E-state index >= 15 is 0 Å². The summed E-state index contributed by atoms with van der Waals surface area (Å²) in [7, 11) is 1.57. The summed E-state index contributed by atoms with van der Waals surface area (Å²) in [6.07, 6.45) is 3.22. The maximum absolute atomic E-state index is 13.2. The number of tetrazole rings is 1. The Hall–Kier alpha value is -3.78. The molecule has 1 aliphatic carbocycles. The molecule has 9 heteroatoms. The van der Waals surface area contributed by atoms with Crippen LogP contribution in [0.5, 0.6) is 5.88 Å². The summed E-state index contributed by atoms with van der Waals surface area (Å²) in [4.78, 5) is 17.5. The number of anilines is 1. The third-order valence-electron chi connectivity index (χ3n) is 5.68. The summed E-state index contributed by atoms with van der Waals surface area (Å²) in [5.41, 5.74) is 3.29. The van der Waals surface area contributed by atoms with Crippen LogP contribution in [0.2, 0.25) is 5.02 Å². The van der Waals surface area contributed by atoms with Crippen LogP contribution in [0.3, 0.4) is 0 Å². The lowest BCUT2D eigenvalue weighted by Crippen LogP contribution is -2.27. The van der Waals surface area contributed by atoms with Crippen molar-refractivity contribution in [1.82, 2.24) is 25.6 Å². The number of carbonyl (C=O) groups is 1. The van der Waals surface area contributed by atoms with Gasteiger partial charge in [0.15, 0.2) is 0 Å². The Kier molecular flexibility index (Phi) is 5.07. The summed E-state index contributed by atoms with van der Waals surface area (Å²) in [6, 6.07) is 16.8. The van der Waals surface area contributed by atoms with Crippen LogP contribution in [0.4, 0.5) is 5.69 Å². The summed E-state index contributed by atoms with van der Waals surface area (Å²) < 4.78 is 5.42. The van der Waals surface area contributed by atoms with E-state index in [4.69, 9.17) is 16.3 Å². The molecule has 0 aliphatic heterocycles. The van der Waals surface area contributed by atoms with Crippen molar-refractivity contribution in [1.29, 1.82) is 0 Å². The zero-order chi connectivity index (χ0) is 22.1. The first-order valence-corrected chi connectivity index (χ1v) is 10.4. The predicted octanol–water partition coefficient (Wildman–Crippen LogP) is 4.26. The summed E-state index contributed by atoms with van der Waals surface area (Å²) in [5.74, 6) is 0.815. The van der Waals surface area contributed by atoms with Crippen molar-refractivity contribution < 1.29 is 9.53 Å². The molecule has 2 aromatic carbocycles. The highest BCUT2D eigenvalue weighted by atomic mass is 35.5. The normalized spacial score (nSPS) is 14.1. The number of rotatable bonds is 6. The number of carbonyl (C=O) groups excluding carboxylic acids is 1. The third-order valence-corrected chi connectivity index (χ3v) is 5.92. The first kappa shape index (κ1) is 20.1. The van der Waals surface area contributed by atoms with Crippen molar-refractivity contribution in [3.8, 4) is 28.4 Å². The van der Waals surface area contributed by atoms with Gasteiger partial charge in [0.2, 0.25) is 17.6 Å². The molecule has 0 radical (unpaired) electrons. The molecule has 160 valence electrons. The number of hydrogen-bond donors (Lipinski definition) is 2. The van der Waals surface area contributed by atoms with E-state index in [-0.39, 0.29) is 5.91 Å². The smallest absolute Gasteiger partial charge is 0.235 e. The van der Waals surface area contributed by atoms with Crippen LogP contribution in [-0.4, -0.2) is 38.6 Å². The fourth-order valence-corrected chi connectivity index (χ4v) is 4.08. The van der Waals surface area contributed by atoms with Crippen LogP contribution in [0.1, 0.15) is 18.4 Å². The van der Waals surface area contributed by atoms with E-state index in [1.165, 1.54) is 0 Å². The highest BCUT2D eigenvalue weighted by Gasteiger charge is 2.51. The second kappa shape index (κ2) is 8.05. The molecule has 0 saturated heterocycles. The number of halogens is 1. The van der Waals surface area contributed by atoms with Crippen LogP contribution in [0.15, 0.2) is 60.8 Å². The van der Waals surface area contributed by atoms with Gasteiger partial charge in [0.25, 0.3) is 0 Å². The average molecular weight is 447 g/mol. The van der Waals surface area contributed by atoms with E-state index in [0.29, 0.717) is 28.0 Å². The van der Waals surface area contributed by atoms with E-state index < -0.39 is 5.41 Å². The molecule has 2 heterocycles. The number of amides is 1. The quantitative estimate of drug-likeness (QED) is 0.458. The zero-order valence-electron chi connectivity index (χ0n) is 17.2. The monoisotopic (exact) mass is 446 g/mol. The van der Waals surface area contributed by atoms with Gasteiger partial charge in [0, 0.05) is 28.0 Å². The van der Waals surface area contributed by atoms with Crippen molar-refractivity contribution >= 4 is 23.2 Å². The zero-order valence-corrected chi connectivity index (χ0v) is 17.9. The molecule has 4 aromatic rings. The Morgan fingerprint density at radius 3 is 2.69 bits per heavy atom. The largest absolute Gasteiger partial charge is 0.481 e. The second-order valence-corrected chi connectivity index (χ2v) is 8.04. The Labute approximate surface area is 189 Å². The molecule has 0 unspecified atom stereocenters. The van der Waals surface area contributed by atoms with E-state index in [0.717, 1.165) is 29.5 Å². The Morgan fingerprint density at radius 1 is 1.09 bits per heavy atom. The van der Waals surface area contributed by atoms with Gasteiger partial charge in [-0.05, 0) is 65.6 Å². The number of methoxy groups -OCH3 is 1. The number of H-pyrrole nitrogens is 1. The third kappa shape index (κ3) is 3.58. The van der Waals surface area contributed by atoms with Gasteiger partial charge in [-0.25, -0.2) is 4.98 Å². The minimum absolute atomic E-state index is 0.0643. The lowest BCUT2D eigenvalue weighted by molar-refractivity contribution is -0.118. The van der Waals surface area contributed by atoms with Crippen LogP contribution >= 0.6 is 11.6 Å². The van der Waals surface area contributed by atoms with Gasteiger partial charge in [-0.2, -0.15) is 5.21 Å². The highest BCUT2D eigenvalue weighted by Crippen LogP contribution is 2.49. The fourth-order valence-electron chi connectivity index (χ4n) is 3.88. The van der Waals surface area contributed by atoms with Gasteiger partial charge >= 0.3 is 0 Å². The minimum Gasteiger partial charge on any atom is -0.481 e. The maximum atomic E-state index is 13.2. The van der Waals surface area contributed by atoms with Gasteiger partial charge in [-0.1, -0.05) is 29.8 Å². The van der Waals surface area contributed by atoms with Gasteiger partial charge < -0.3 is 10.1 Å². The van der Waals surface area contributed by atoms with Crippen LogP contribution < -0.4 is 10.1 Å². The first-order valence-electron chi connectivity index (χ1n) is 10.1. The van der Waals surface area contributed by atoms with E-state index in [2.05, 4.69) is 30.9 Å². The average Bonchev–Trinajstić information content (AvgIpc) is 3.46. The van der Waals surface area contributed by atoms with Crippen LogP contribution in [0, 0.1) is 0 Å². The molecule has 2 aromatic heterocycles. The molecule has 1 aliphatic rings. The van der Waals surface area contributed by atoms with Crippen molar-refractivity contribution in [2.75, 3.05) is 12.4 Å². The number of benzene rings is 2. The number of pyridine rings is 1. The molecular weight excluding hydrogens is 428 g/mol. The predicted molar refractivity (Wildman–Crippen MR) is 120 cm³/mol. The second-order valence-electron chi connectivity index (χ2n) is 7.60. The number of nitrogens with zero attached hydrogens (tertiary/aromatic N) is 4. The van der Waals surface area contributed by atoms with Gasteiger partial charge in [-0.15, -0.1) is 10.2 Å². The molecule has 5 rings (SSSR count). The number of ether oxygens (including phenoxy) is 1. The molecule has 0 bridgehead atoms. The molecular formula is C23H19ClN6O2. The highest BCUT2D eigenvalue weighted by molar-refractivity contribution is 6.30. The number of nitrogens with one attached hydrogen (secondary N) is 2. The van der Waals surface area contributed by atoms with Crippen molar-refractivity contribution in [2.24, 2.45) is 0 Å². The summed E-state index contributed by atoms with van der Waals surface area (Å²) >= 11 is 6.15. The SMILES string of the molecule is COc1ncccc1-c1ccc(NC(=O)C2(c3cccc(Cl)c3)CC2)cc1-c1nn[nH]n1. The van der Waals surface area contributed by atoms with Crippen molar-refractivity contribution in [3.05, 3.63) is 71.4 Å². The minimum atomic E-state index is -0.553. The molecule has 1 saturated carbocycles. The Morgan fingerprint density at radius 2 is 1.97 bits per heavy atom. The molecule has 2 N–H and O–H groups in total. The van der Waals surface area contributed by atoms with Crippen LogP contribution in [0.25, 0.3) is 22.5 Å². The van der Waals surface area contributed by atoms with Crippen molar-refractivity contribution in [3.63, 3.8) is 0 Å². The number of aromatic amines is 1. The van der Waals surface area contributed by atoms with E-state index in [1.807, 2.05) is 54.6 Å². The maximum Gasteiger partial charge on any atom is 0.235 e. The Balaban J connectivity index is 1.51. The fraction of sp³-hybridized carbons (Fsp3) is 0.174. The van der Waals surface area contributed by atoms with Gasteiger partial charge in [0.05, 0.1) is 12.5 Å². The standard InChI is InChI=1S/C23H19ClN6O2/c1-32-21-18(6-3-11-25-21)17-8-7-16(13-19(17)20-27-29-30-28-20)26-22(31)23(9-10-23)14-4-2-5-15(24)12-14/h2-8,11-13H,9-10H2,1H3,(H,26,31)(H,27,28,29,30). The molecule has 1 fully saturated rings. The molecule has 0 atom stereocenters. The molecule has 1 amide bonds. The lowest BCUT2D eigenvalue weighted by atomic mass is 9.94. The van der Waals surface area contributed by atoms with Gasteiger partial charge in [-0.3, -0.25) is 4.79 Å². The molecule has 0 spiro atoms. The number of hydrogen-bond acceptors (Lipinski definition) is 6. The van der Waals surface area contributed by atoms with Crippen LogP contribution in [-0.2, 0) is 10.2 Å². The van der Waals surface area contributed by atoms with Crippen molar-refractivity contribution in [2.45, 2.75) is 18.3 Å². The first-order chi connectivity index (χ1) is 15.6. The molecule has 32 heavy (non-hydrogen) atoms. The topological polar surface area (TPSA) is 106 Å². The van der Waals surface area contributed by atoms with E-state index in [1.54, 1.807) is 13.3 Å². The van der Waals surface area contributed by atoms with E-state index in [9.17, 15) is 4.79 Å². The summed E-state index contributed by atoms with van der Waals surface area (Å²) in [5, 5.41) is 18.1. The Bertz CT molecular complexity index is 1290. The lowest BCUT2D eigenvalue weighted by Gasteiger charge is -2.17. The molecule has 8 nitrogen and oxygen atoms in total. The number of aromatic nitrogens is 5.